The number of allylic oxidation sites excluding steroid dienone is 1. The molecule has 46 heavy (non-hydrogen) atoms. The molecule has 242 valence electrons. The van der Waals surface area contributed by atoms with E-state index in [0.717, 1.165) is 7.11 Å². The van der Waals surface area contributed by atoms with Crippen LogP contribution in [0.3, 0.4) is 0 Å². The summed E-state index contributed by atoms with van der Waals surface area (Å²) in [5, 5.41) is 56.9. The van der Waals surface area contributed by atoms with Crippen molar-refractivity contribution in [1.29, 1.82) is 0 Å². The first kappa shape index (κ1) is 32.3. The molecule has 0 radical (unpaired) electrons. The van der Waals surface area contributed by atoms with Crippen LogP contribution in [0.15, 0.2) is 59.1 Å². The van der Waals surface area contributed by atoms with Gasteiger partial charge < -0.3 is 41.3 Å². The number of carbonyl (C=O) groups is 5. The predicted octanol–water partition coefficient (Wildman–Crippen LogP) is 0.0513. The van der Waals surface area contributed by atoms with Gasteiger partial charge in [0.2, 0.25) is 5.78 Å². The van der Waals surface area contributed by atoms with Gasteiger partial charge in [0, 0.05) is 17.1 Å². The van der Waals surface area contributed by atoms with E-state index in [4.69, 9.17) is 5.73 Å². The zero-order valence-corrected chi connectivity index (χ0v) is 25.1. The first-order chi connectivity index (χ1) is 21.7. The monoisotopic (exact) mass is 635 g/mol. The molecule has 2 aromatic carbocycles. The van der Waals surface area contributed by atoms with Gasteiger partial charge in [0.05, 0.1) is 25.3 Å². The van der Waals surface area contributed by atoms with E-state index in [-0.39, 0.29) is 29.5 Å². The molecule has 3 aliphatic carbocycles. The highest BCUT2D eigenvalue weighted by atomic mass is 16.5. The maximum absolute atomic E-state index is 14.0. The molecule has 0 aliphatic heterocycles. The molecule has 0 fully saturated rings. The van der Waals surface area contributed by atoms with E-state index in [1.54, 1.807) is 32.3 Å². The van der Waals surface area contributed by atoms with Crippen LogP contribution in [0.5, 0.6) is 5.75 Å². The predicted molar refractivity (Wildman–Crippen MR) is 159 cm³/mol. The standard InChI is InChI=1S/C32H33N3O11/c1-35(2)24-18-11-15-10-17-16(13-5-4-6-14(9-13)30(43)34-19(12-36)31(44)46-3)7-8-20(37)22(17)25(38)21(15)27(40)32(18,45)28(41)23(26(24)39)29(33)42/h4-9,15,18-19,24,36-37,39-40,45H,10-12H2,1-3H3,(H2,33,42)(H,34,43)/t15-,18-,19?,24-,32-/m0/s1. The second-order valence-corrected chi connectivity index (χ2v) is 11.8. The summed E-state index contributed by atoms with van der Waals surface area (Å²) in [6.45, 7) is -0.691. The minimum atomic E-state index is -2.75. The second kappa shape index (κ2) is 11.7. The van der Waals surface area contributed by atoms with Crippen LogP contribution in [0.4, 0.5) is 0 Å². The molecule has 3 aliphatic rings. The average molecular weight is 636 g/mol. The zero-order chi connectivity index (χ0) is 33.8. The molecular weight excluding hydrogens is 602 g/mol. The second-order valence-electron chi connectivity index (χ2n) is 11.8. The Bertz CT molecular complexity index is 1760. The highest BCUT2D eigenvalue weighted by Gasteiger charge is 2.63. The van der Waals surface area contributed by atoms with Crippen LogP contribution in [0.2, 0.25) is 0 Å². The van der Waals surface area contributed by atoms with Crippen molar-refractivity contribution < 1.29 is 54.2 Å². The Morgan fingerprint density at radius 2 is 1.83 bits per heavy atom. The van der Waals surface area contributed by atoms with E-state index in [9.17, 15) is 49.5 Å². The number of aromatic hydroxyl groups is 1. The molecule has 14 nitrogen and oxygen atoms in total. The smallest absolute Gasteiger partial charge is 0.330 e. The minimum Gasteiger partial charge on any atom is -0.510 e. The number of likely N-dealkylation sites (N-methyl/N-ethyl adjacent to an activating group) is 1. The zero-order valence-electron chi connectivity index (χ0n) is 25.1. The van der Waals surface area contributed by atoms with E-state index in [0.29, 0.717) is 16.7 Å². The van der Waals surface area contributed by atoms with Crippen molar-refractivity contribution in [3.63, 3.8) is 0 Å². The first-order valence-electron chi connectivity index (χ1n) is 14.3. The molecule has 5 atom stereocenters. The van der Waals surface area contributed by atoms with Crippen LogP contribution >= 0.6 is 0 Å². The number of amides is 2. The topological polar surface area (TPSA) is 237 Å². The number of ether oxygens (including phenoxy) is 1. The molecule has 0 saturated carbocycles. The van der Waals surface area contributed by atoms with Gasteiger partial charge in [-0.15, -0.1) is 0 Å². The van der Waals surface area contributed by atoms with Gasteiger partial charge in [0.25, 0.3) is 11.8 Å². The van der Waals surface area contributed by atoms with E-state index >= 15 is 0 Å². The molecule has 0 spiro atoms. The summed E-state index contributed by atoms with van der Waals surface area (Å²) < 4.78 is 4.59. The number of Topliss-reactive ketones (excluding diaryl/α,β-unsaturated/α-hetero) is 2. The number of esters is 1. The number of rotatable bonds is 7. The van der Waals surface area contributed by atoms with Gasteiger partial charge >= 0.3 is 5.97 Å². The molecule has 1 unspecified atom stereocenters. The quantitative estimate of drug-likeness (QED) is 0.158. The van der Waals surface area contributed by atoms with Crippen molar-refractivity contribution in [3.05, 3.63) is 75.8 Å². The summed E-state index contributed by atoms with van der Waals surface area (Å²) in [5.41, 5.74) is 2.67. The number of nitrogens with two attached hydrogens (primary N) is 1. The number of hydrogen-bond acceptors (Lipinski definition) is 12. The summed E-state index contributed by atoms with van der Waals surface area (Å²) >= 11 is 0. The van der Waals surface area contributed by atoms with Crippen LogP contribution in [0.1, 0.15) is 32.7 Å². The lowest BCUT2D eigenvalue weighted by atomic mass is 9.58. The van der Waals surface area contributed by atoms with Gasteiger partial charge in [-0.25, -0.2) is 4.79 Å². The van der Waals surface area contributed by atoms with Crippen LogP contribution in [0, 0.1) is 11.8 Å². The van der Waals surface area contributed by atoms with Gasteiger partial charge in [-0.2, -0.15) is 0 Å². The van der Waals surface area contributed by atoms with E-state index in [1.807, 2.05) is 0 Å². The van der Waals surface area contributed by atoms with Gasteiger partial charge in [0.15, 0.2) is 17.4 Å². The number of aliphatic hydroxyl groups is 4. The first-order valence-corrected chi connectivity index (χ1v) is 14.3. The van der Waals surface area contributed by atoms with E-state index in [1.165, 1.54) is 23.1 Å². The van der Waals surface area contributed by atoms with Gasteiger partial charge in [-0.1, -0.05) is 18.2 Å². The number of fused-ring (bicyclic) bond motifs is 3. The van der Waals surface area contributed by atoms with Crippen molar-refractivity contribution in [1.82, 2.24) is 10.2 Å². The number of aliphatic hydroxyl groups excluding tert-OH is 3. The molecule has 2 aromatic rings. The number of hydrogen-bond donors (Lipinski definition) is 7. The summed E-state index contributed by atoms with van der Waals surface area (Å²) in [6, 6.07) is 6.59. The lowest BCUT2D eigenvalue weighted by Crippen LogP contribution is -2.63. The van der Waals surface area contributed by atoms with Crippen LogP contribution in [0.25, 0.3) is 11.1 Å². The number of methoxy groups -OCH3 is 1. The Morgan fingerprint density at radius 1 is 1.13 bits per heavy atom. The van der Waals surface area contributed by atoms with Crippen LogP contribution < -0.4 is 11.1 Å². The fourth-order valence-corrected chi connectivity index (χ4v) is 6.91. The van der Waals surface area contributed by atoms with Crippen molar-refractivity contribution in [3.8, 4) is 16.9 Å². The lowest BCUT2D eigenvalue weighted by molar-refractivity contribution is -0.148. The number of nitrogens with one attached hydrogen (secondary N) is 1. The number of phenols is 1. The number of phenolic OH excluding ortho intramolecular Hbond substituents is 1. The Hall–Kier alpha value is -5.05. The molecule has 8 N–H and O–H groups in total. The summed E-state index contributed by atoms with van der Waals surface area (Å²) in [6.07, 6.45) is -0.0387. The van der Waals surface area contributed by atoms with E-state index in [2.05, 4.69) is 10.1 Å². The van der Waals surface area contributed by atoms with Gasteiger partial charge in [-0.05, 0) is 67.7 Å². The average Bonchev–Trinajstić information content (AvgIpc) is 3.01. The molecular formula is C32H33N3O11. The number of benzene rings is 2. The lowest BCUT2D eigenvalue weighted by Gasteiger charge is -2.50. The molecule has 0 heterocycles. The minimum absolute atomic E-state index is 0.0453. The molecule has 5 rings (SSSR count). The Kier molecular flexibility index (Phi) is 8.23. The van der Waals surface area contributed by atoms with Crippen molar-refractivity contribution >= 4 is 29.4 Å². The fraction of sp³-hybridized carbons (Fsp3) is 0.344. The Labute approximate surface area is 262 Å². The fourth-order valence-electron chi connectivity index (χ4n) is 6.91. The highest BCUT2D eigenvalue weighted by Crippen LogP contribution is 2.53. The molecule has 0 aromatic heterocycles. The third-order valence-electron chi connectivity index (χ3n) is 9.02. The molecule has 0 saturated heterocycles. The molecule has 2 amide bonds. The van der Waals surface area contributed by atoms with Crippen molar-refractivity contribution in [2.45, 2.75) is 30.5 Å². The summed E-state index contributed by atoms with van der Waals surface area (Å²) in [4.78, 5) is 65.9. The highest BCUT2D eigenvalue weighted by molar-refractivity contribution is 6.25. The van der Waals surface area contributed by atoms with Crippen molar-refractivity contribution in [2.24, 2.45) is 17.6 Å². The number of ketones is 2. The Morgan fingerprint density at radius 3 is 2.43 bits per heavy atom. The van der Waals surface area contributed by atoms with Crippen LogP contribution in [-0.2, 0) is 25.5 Å². The van der Waals surface area contributed by atoms with Gasteiger partial charge in [-0.3, -0.25) is 24.1 Å². The van der Waals surface area contributed by atoms with Crippen molar-refractivity contribution in [2.75, 3.05) is 27.8 Å². The number of primary amides is 1. The van der Waals surface area contributed by atoms with Crippen LogP contribution in [-0.4, -0.2) is 105 Å². The number of carbonyl (C=O) groups excluding carboxylic acids is 5. The van der Waals surface area contributed by atoms with E-state index < -0.39 is 88.3 Å². The molecule has 0 bridgehead atoms. The Balaban J connectivity index is 1.61. The summed E-state index contributed by atoms with van der Waals surface area (Å²) in [7, 11) is 4.20. The SMILES string of the molecule is COC(=O)C(CO)NC(=O)c1cccc(-c2ccc(O)c3c2C[C@H]2C[C@H]4[C@H](N(C)C)C(O)=C(C(N)=O)C(=O)[C@@]4(O)C(O)=C2C3=O)c1. The molecule has 14 heteroatoms. The maximum Gasteiger partial charge on any atom is 0.330 e. The largest absolute Gasteiger partial charge is 0.510 e. The van der Waals surface area contributed by atoms with Gasteiger partial charge in [0.1, 0.15) is 22.8 Å². The maximum atomic E-state index is 14.0. The summed E-state index contributed by atoms with van der Waals surface area (Å²) in [5.74, 6) is -9.04. The number of nitrogens with zero attached hydrogens (tertiary/aromatic N) is 1. The normalized spacial score (nSPS) is 24.6. The third-order valence-corrected chi connectivity index (χ3v) is 9.02. The third kappa shape index (κ3) is 4.81.